The summed E-state index contributed by atoms with van der Waals surface area (Å²) in [7, 11) is -3.87. The molecular formula is C23H29N3O7S. The van der Waals surface area contributed by atoms with Gasteiger partial charge in [0.25, 0.3) is 5.91 Å². The zero-order valence-corrected chi connectivity index (χ0v) is 20.0. The number of ketones is 1. The molecule has 2 aromatic rings. The number of hydrogen-bond donors (Lipinski definition) is 3. The Morgan fingerprint density at radius 2 is 1.65 bits per heavy atom. The summed E-state index contributed by atoms with van der Waals surface area (Å²) in [5.41, 5.74) is 0.285. The van der Waals surface area contributed by atoms with Gasteiger partial charge < -0.3 is 15.5 Å². The fourth-order valence-electron chi connectivity index (χ4n) is 3.21. The van der Waals surface area contributed by atoms with Gasteiger partial charge in [0, 0.05) is 6.54 Å². The number of hydrogen-bond acceptors (Lipinski definition) is 7. The van der Waals surface area contributed by atoms with Crippen LogP contribution in [0.1, 0.15) is 47.3 Å². The van der Waals surface area contributed by atoms with Crippen LogP contribution in [-0.4, -0.2) is 76.1 Å². The zero-order chi connectivity index (χ0) is 25.5. The van der Waals surface area contributed by atoms with Crippen LogP contribution in [0.4, 0.5) is 0 Å². The second-order valence-electron chi connectivity index (χ2n) is 8.14. The lowest BCUT2D eigenvalue weighted by molar-refractivity contribution is -0.117. The molecule has 11 heteroatoms. The Hall–Kier alpha value is -3.15. The summed E-state index contributed by atoms with van der Waals surface area (Å²) in [4.78, 5) is 39.5. The van der Waals surface area contributed by atoms with Gasteiger partial charge in [0.1, 0.15) is 17.2 Å². The summed E-state index contributed by atoms with van der Waals surface area (Å²) in [6.45, 7) is 3.37. The average molecular weight is 492 g/mol. The summed E-state index contributed by atoms with van der Waals surface area (Å²) in [6, 6.07) is 11.9. The second kappa shape index (κ2) is 11.8. The van der Waals surface area contributed by atoms with Gasteiger partial charge in [-0.05, 0) is 44.9 Å². The van der Waals surface area contributed by atoms with E-state index >= 15 is 0 Å². The van der Waals surface area contributed by atoms with Crippen molar-refractivity contribution < 1.29 is 33.0 Å². The minimum Gasteiger partial charge on any atom is -0.477 e. The van der Waals surface area contributed by atoms with Gasteiger partial charge >= 0.3 is 5.97 Å². The number of carboxylic acids is 1. The number of aliphatic hydroxyl groups is 1. The lowest BCUT2D eigenvalue weighted by atomic mass is 10.0. The first-order chi connectivity index (χ1) is 15.9. The quantitative estimate of drug-likeness (QED) is 0.399. The molecule has 1 aromatic heterocycles. The van der Waals surface area contributed by atoms with E-state index < -0.39 is 58.2 Å². The van der Waals surface area contributed by atoms with Crippen LogP contribution in [0.15, 0.2) is 48.5 Å². The molecular weight excluding hydrogens is 462 g/mol. The Balaban J connectivity index is 2.33. The Bertz CT molecular complexity index is 1120. The number of sulfonamides is 1. The van der Waals surface area contributed by atoms with Crippen molar-refractivity contribution in [3.63, 3.8) is 0 Å². The van der Waals surface area contributed by atoms with Gasteiger partial charge in [-0.2, -0.15) is 4.31 Å². The van der Waals surface area contributed by atoms with Gasteiger partial charge in [-0.1, -0.05) is 36.4 Å². The molecule has 184 valence electrons. The number of aromatic carboxylic acids is 1. The summed E-state index contributed by atoms with van der Waals surface area (Å²) in [5.74, 6) is -2.42. The Kier molecular flexibility index (Phi) is 9.42. The number of carbonyl (C=O) groups excluding carboxylic acids is 2. The maximum Gasteiger partial charge on any atom is 0.354 e. The van der Waals surface area contributed by atoms with Crippen molar-refractivity contribution in [2.45, 2.75) is 44.6 Å². The molecule has 0 saturated carbocycles. The minimum atomic E-state index is -3.87. The Morgan fingerprint density at radius 1 is 1.03 bits per heavy atom. The lowest BCUT2D eigenvalue weighted by Gasteiger charge is -2.30. The lowest BCUT2D eigenvalue weighted by Crippen LogP contribution is -2.52. The van der Waals surface area contributed by atoms with E-state index in [-0.39, 0.29) is 17.8 Å². The normalized spacial score (nSPS) is 13.5. The fourth-order valence-corrected chi connectivity index (χ4v) is 4.53. The van der Waals surface area contributed by atoms with E-state index in [9.17, 15) is 27.9 Å². The molecule has 1 heterocycles. The Morgan fingerprint density at radius 3 is 2.21 bits per heavy atom. The molecule has 34 heavy (non-hydrogen) atoms. The van der Waals surface area contributed by atoms with Crippen molar-refractivity contribution in [1.29, 1.82) is 0 Å². The summed E-state index contributed by atoms with van der Waals surface area (Å²) in [5, 5.41) is 21.9. The molecule has 10 nitrogen and oxygen atoms in total. The molecule has 2 unspecified atom stereocenters. The van der Waals surface area contributed by atoms with Crippen LogP contribution < -0.4 is 5.32 Å². The molecule has 0 bridgehead atoms. The molecule has 0 aliphatic heterocycles. The molecule has 0 aliphatic rings. The van der Waals surface area contributed by atoms with Crippen LogP contribution in [0.3, 0.4) is 0 Å². The number of benzene rings is 1. The first-order valence-electron chi connectivity index (χ1n) is 10.6. The van der Waals surface area contributed by atoms with Crippen LogP contribution in [-0.2, 0) is 21.2 Å². The fraction of sp³-hybridized carbons (Fsp3) is 0.391. The van der Waals surface area contributed by atoms with E-state index in [0.717, 1.165) is 9.87 Å². The zero-order valence-electron chi connectivity index (χ0n) is 19.2. The van der Waals surface area contributed by atoms with Crippen LogP contribution in [0.25, 0.3) is 0 Å². The number of aliphatic hydroxyl groups excluding tert-OH is 1. The topological polar surface area (TPSA) is 154 Å². The van der Waals surface area contributed by atoms with Crippen LogP contribution in [0.2, 0.25) is 0 Å². The molecule has 0 spiro atoms. The van der Waals surface area contributed by atoms with E-state index in [2.05, 4.69) is 10.3 Å². The standard InChI is InChI=1S/C23H29N3O7S/c1-15(2)34(32,33)26(13-16(3)27)14-21(28)20(12-17-8-5-4-6-9-17)25-22(29)18-10-7-11-19(24-18)23(30)31/h4-11,15,20-21,28H,12-14H2,1-3H3,(H,25,29)(H,30,31). The van der Waals surface area contributed by atoms with Gasteiger partial charge in [0.05, 0.1) is 23.9 Å². The van der Waals surface area contributed by atoms with E-state index in [1.807, 2.05) is 0 Å². The van der Waals surface area contributed by atoms with Crippen molar-refractivity contribution in [3.05, 3.63) is 65.5 Å². The predicted molar refractivity (Wildman–Crippen MR) is 125 cm³/mol. The van der Waals surface area contributed by atoms with Gasteiger partial charge in [0.2, 0.25) is 10.0 Å². The molecule has 0 fully saturated rings. The van der Waals surface area contributed by atoms with Crippen LogP contribution >= 0.6 is 0 Å². The van der Waals surface area contributed by atoms with Crippen molar-refractivity contribution >= 4 is 27.7 Å². The number of amides is 1. The monoisotopic (exact) mass is 491 g/mol. The maximum atomic E-state index is 12.8. The molecule has 0 radical (unpaired) electrons. The van der Waals surface area contributed by atoms with Gasteiger partial charge in [-0.15, -0.1) is 0 Å². The smallest absolute Gasteiger partial charge is 0.354 e. The molecule has 1 aromatic carbocycles. The highest BCUT2D eigenvalue weighted by Gasteiger charge is 2.32. The molecule has 1 amide bonds. The Labute approximate surface area is 198 Å². The van der Waals surface area contributed by atoms with Crippen molar-refractivity contribution in [2.24, 2.45) is 0 Å². The highest BCUT2D eigenvalue weighted by atomic mass is 32.2. The highest BCUT2D eigenvalue weighted by Crippen LogP contribution is 2.14. The number of nitrogens with zero attached hydrogens (tertiary/aromatic N) is 2. The maximum absolute atomic E-state index is 12.8. The van der Waals surface area contributed by atoms with Crippen molar-refractivity contribution in [3.8, 4) is 0 Å². The number of carboxylic acid groups (broad SMARTS) is 1. The third kappa shape index (κ3) is 7.44. The number of aromatic nitrogens is 1. The summed E-state index contributed by atoms with van der Waals surface area (Å²) in [6.07, 6.45) is -1.22. The van der Waals surface area contributed by atoms with Gasteiger partial charge in [0.15, 0.2) is 0 Å². The first-order valence-corrected chi connectivity index (χ1v) is 12.1. The molecule has 2 rings (SSSR count). The van der Waals surface area contributed by atoms with Crippen molar-refractivity contribution in [2.75, 3.05) is 13.1 Å². The van der Waals surface area contributed by atoms with E-state index in [4.69, 9.17) is 5.11 Å². The summed E-state index contributed by atoms with van der Waals surface area (Å²) >= 11 is 0. The average Bonchev–Trinajstić information content (AvgIpc) is 2.78. The first kappa shape index (κ1) is 27.1. The number of Topliss-reactive ketones (excluding diaryl/α,β-unsaturated/α-hetero) is 1. The SMILES string of the molecule is CC(=O)CN(CC(O)C(Cc1ccccc1)NC(=O)c1cccc(C(=O)O)n1)S(=O)(=O)C(C)C. The van der Waals surface area contributed by atoms with Gasteiger partial charge in [-0.3, -0.25) is 9.59 Å². The summed E-state index contributed by atoms with van der Waals surface area (Å²) < 4.78 is 26.4. The number of rotatable bonds is 12. The highest BCUT2D eigenvalue weighted by molar-refractivity contribution is 7.89. The number of nitrogens with one attached hydrogen (secondary N) is 1. The van der Waals surface area contributed by atoms with Crippen LogP contribution in [0, 0.1) is 0 Å². The largest absolute Gasteiger partial charge is 0.477 e. The molecule has 0 saturated heterocycles. The third-order valence-electron chi connectivity index (χ3n) is 5.03. The molecule has 3 N–H and O–H groups in total. The van der Waals surface area contributed by atoms with Gasteiger partial charge in [-0.25, -0.2) is 18.2 Å². The van der Waals surface area contributed by atoms with E-state index in [0.29, 0.717) is 0 Å². The van der Waals surface area contributed by atoms with E-state index in [1.165, 1.54) is 39.0 Å². The van der Waals surface area contributed by atoms with Crippen LogP contribution in [0.5, 0.6) is 0 Å². The predicted octanol–water partition coefficient (Wildman–Crippen LogP) is 1.11. The third-order valence-corrected chi connectivity index (χ3v) is 7.21. The number of carbonyl (C=O) groups is 3. The molecule has 0 aliphatic carbocycles. The minimum absolute atomic E-state index is 0.155. The second-order valence-corrected chi connectivity index (χ2v) is 10.6. The van der Waals surface area contributed by atoms with Crippen molar-refractivity contribution in [1.82, 2.24) is 14.6 Å². The molecule has 2 atom stereocenters. The number of pyridine rings is 1. The van der Waals surface area contributed by atoms with E-state index in [1.54, 1.807) is 30.3 Å².